The van der Waals surface area contributed by atoms with Crippen molar-refractivity contribution in [2.45, 2.75) is 19.8 Å². The first-order chi connectivity index (χ1) is 7.33. The predicted octanol–water partition coefficient (Wildman–Crippen LogP) is 2.37. The van der Waals surface area contributed by atoms with Crippen molar-refractivity contribution in [1.82, 2.24) is 0 Å². The highest BCUT2D eigenvalue weighted by atomic mass is 16.5. The Kier molecular flexibility index (Phi) is 4.68. The normalized spacial score (nSPS) is 9.73. The Morgan fingerprint density at radius 1 is 1.40 bits per heavy atom. The number of carbonyl (C=O) groups excluding carboxylic acids is 1. The van der Waals surface area contributed by atoms with Gasteiger partial charge in [0.1, 0.15) is 5.75 Å². The molecule has 1 rings (SSSR count). The van der Waals surface area contributed by atoms with Gasteiger partial charge in [0.2, 0.25) is 0 Å². The highest BCUT2D eigenvalue weighted by Crippen LogP contribution is 2.26. The monoisotopic (exact) mass is 206 g/mol. The average Bonchev–Trinajstić information content (AvgIpc) is 2.30. The standard InChI is InChI=1S/C12H16NO2/c1-3-4-9-13(10-14)11-7-5-6-8-12(11)15-2/h5-8H,3-4,9H2,1-2H3. The summed E-state index contributed by atoms with van der Waals surface area (Å²) in [6.45, 7) is 2.77. The molecule has 0 bridgehead atoms. The zero-order valence-corrected chi connectivity index (χ0v) is 9.19. The van der Waals surface area contributed by atoms with Crippen LogP contribution in [0.4, 0.5) is 5.69 Å². The largest absolute Gasteiger partial charge is 0.495 e. The van der Waals surface area contributed by atoms with Crippen molar-refractivity contribution >= 4 is 12.1 Å². The summed E-state index contributed by atoms with van der Waals surface area (Å²) in [6, 6.07) is 7.46. The molecule has 0 aliphatic heterocycles. The highest BCUT2D eigenvalue weighted by molar-refractivity contribution is 5.79. The van der Waals surface area contributed by atoms with Gasteiger partial charge in [-0.25, -0.2) is 0 Å². The Hall–Kier alpha value is -1.51. The first kappa shape index (κ1) is 11.6. The molecule has 81 valence electrons. The van der Waals surface area contributed by atoms with E-state index in [9.17, 15) is 4.79 Å². The Bertz CT molecular complexity index is 312. The van der Waals surface area contributed by atoms with Gasteiger partial charge in [-0.2, -0.15) is 0 Å². The molecule has 15 heavy (non-hydrogen) atoms. The van der Waals surface area contributed by atoms with Gasteiger partial charge in [-0.1, -0.05) is 25.5 Å². The Morgan fingerprint density at radius 2 is 2.13 bits per heavy atom. The Morgan fingerprint density at radius 3 is 2.73 bits per heavy atom. The van der Waals surface area contributed by atoms with E-state index in [1.165, 1.54) is 0 Å². The molecule has 3 nitrogen and oxygen atoms in total. The molecule has 0 saturated heterocycles. The number of para-hydroxylation sites is 2. The van der Waals surface area contributed by atoms with E-state index in [4.69, 9.17) is 4.74 Å². The van der Waals surface area contributed by atoms with Crippen LogP contribution in [-0.2, 0) is 4.79 Å². The highest BCUT2D eigenvalue weighted by Gasteiger charge is 2.10. The summed E-state index contributed by atoms with van der Waals surface area (Å²) in [4.78, 5) is 12.4. The lowest BCUT2D eigenvalue weighted by Gasteiger charge is -2.18. The molecule has 0 saturated carbocycles. The van der Waals surface area contributed by atoms with E-state index in [0.717, 1.165) is 18.5 Å². The Balaban J connectivity index is 2.85. The van der Waals surface area contributed by atoms with Gasteiger partial charge in [0.15, 0.2) is 0 Å². The van der Waals surface area contributed by atoms with E-state index in [1.54, 1.807) is 12.0 Å². The first-order valence-corrected chi connectivity index (χ1v) is 5.11. The maximum atomic E-state index is 10.8. The summed E-state index contributed by atoms with van der Waals surface area (Å²) >= 11 is 0. The third-order valence-corrected chi connectivity index (χ3v) is 2.22. The van der Waals surface area contributed by atoms with E-state index in [0.29, 0.717) is 12.3 Å². The van der Waals surface area contributed by atoms with Gasteiger partial charge in [0.25, 0.3) is 0 Å². The number of amides is 1. The molecule has 0 aliphatic carbocycles. The molecule has 0 unspecified atom stereocenters. The van der Waals surface area contributed by atoms with Crippen molar-refractivity contribution in [3.63, 3.8) is 0 Å². The average molecular weight is 206 g/mol. The van der Waals surface area contributed by atoms with E-state index >= 15 is 0 Å². The van der Waals surface area contributed by atoms with E-state index in [2.05, 4.69) is 6.92 Å². The second-order valence-corrected chi connectivity index (χ2v) is 3.27. The summed E-state index contributed by atoms with van der Waals surface area (Å²) in [7, 11) is 1.60. The van der Waals surface area contributed by atoms with Gasteiger partial charge in [-0.15, -0.1) is 0 Å². The van der Waals surface area contributed by atoms with Crippen LogP contribution in [0, 0.1) is 0 Å². The molecule has 0 fully saturated rings. The zero-order chi connectivity index (χ0) is 11.1. The molecular weight excluding hydrogens is 190 g/mol. The lowest BCUT2D eigenvalue weighted by molar-refractivity contribution is 0.415. The zero-order valence-electron chi connectivity index (χ0n) is 9.19. The molecule has 0 heterocycles. The van der Waals surface area contributed by atoms with Crippen molar-refractivity contribution in [3.05, 3.63) is 24.3 Å². The van der Waals surface area contributed by atoms with E-state index < -0.39 is 0 Å². The summed E-state index contributed by atoms with van der Waals surface area (Å²) < 4.78 is 5.19. The van der Waals surface area contributed by atoms with E-state index in [1.807, 2.05) is 30.7 Å². The first-order valence-electron chi connectivity index (χ1n) is 5.11. The topological polar surface area (TPSA) is 29.5 Å². The third kappa shape index (κ3) is 2.98. The molecule has 1 radical (unpaired) electrons. The second kappa shape index (κ2) is 6.06. The molecular formula is C12H16NO2. The van der Waals surface area contributed by atoms with Crippen molar-refractivity contribution in [2.75, 3.05) is 18.6 Å². The lowest BCUT2D eigenvalue weighted by Crippen LogP contribution is -2.22. The molecule has 3 heteroatoms. The third-order valence-electron chi connectivity index (χ3n) is 2.22. The lowest BCUT2D eigenvalue weighted by atomic mass is 10.2. The molecule has 1 aromatic carbocycles. The maximum absolute atomic E-state index is 10.8. The number of nitrogens with zero attached hydrogens (tertiary/aromatic N) is 1. The molecule has 0 N–H and O–H groups in total. The summed E-state index contributed by atoms with van der Waals surface area (Å²) in [5, 5.41) is 0. The summed E-state index contributed by atoms with van der Waals surface area (Å²) in [6.07, 6.45) is 3.95. The minimum absolute atomic E-state index is 0.681. The van der Waals surface area contributed by atoms with Crippen LogP contribution < -0.4 is 9.64 Å². The molecule has 1 aromatic rings. The predicted molar refractivity (Wildman–Crippen MR) is 60.9 cm³/mol. The molecule has 1 amide bonds. The fraction of sp³-hybridized carbons (Fsp3) is 0.417. The Labute approximate surface area is 90.7 Å². The van der Waals surface area contributed by atoms with Gasteiger partial charge < -0.3 is 9.64 Å². The fourth-order valence-corrected chi connectivity index (χ4v) is 1.38. The van der Waals surface area contributed by atoms with Crippen LogP contribution in [-0.4, -0.2) is 20.1 Å². The number of methoxy groups -OCH3 is 1. The number of hydrogen-bond donors (Lipinski definition) is 0. The van der Waals surface area contributed by atoms with Gasteiger partial charge >= 0.3 is 6.41 Å². The van der Waals surface area contributed by atoms with Crippen molar-refractivity contribution < 1.29 is 9.53 Å². The van der Waals surface area contributed by atoms with Crippen molar-refractivity contribution in [2.24, 2.45) is 0 Å². The van der Waals surface area contributed by atoms with Gasteiger partial charge in [0.05, 0.1) is 12.8 Å². The van der Waals surface area contributed by atoms with Crippen molar-refractivity contribution in [1.29, 1.82) is 0 Å². The number of benzene rings is 1. The fourth-order valence-electron chi connectivity index (χ4n) is 1.38. The number of hydrogen-bond acceptors (Lipinski definition) is 2. The SMILES string of the molecule is CCCCN([C]=O)c1ccccc1OC. The summed E-state index contributed by atoms with van der Waals surface area (Å²) in [5.41, 5.74) is 0.781. The number of rotatable bonds is 6. The van der Waals surface area contributed by atoms with Crippen LogP contribution >= 0.6 is 0 Å². The maximum Gasteiger partial charge on any atom is 0.316 e. The molecule has 0 aliphatic rings. The van der Waals surface area contributed by atoms with Crippen LogP contribution in [0.2, 0.25) is 0 Å². The van der Waals surface area contributed by atoms with Gasteiger partial charge in [-0.3, -0.25) is 4.79 Å². The van der Waals surface area contributed by atoms with Crippen molar-refractivity contribution in [3.8, 4) is 5.75 Å². The van der Waals surface area contributed by atoms with Crippen LogP contribution in [0.15, 0.2) is 24.3 Å². The van der Waals surface area contributed by atoms with E-state index in [-0.39, 0.29) is 0 Å². The number of ether oxygens (including phenoxy) is 1. The second-order valence-electron chi connectivity index (χ2n) is 3.27. The molecule has 0 aromatic heterocycles. The molecule has 0 spiro atoms. The van der Waals surface area contributed by atoms with Crippen LogP contribution in [0.5, 0.6) is 5.75 Å². The number of anilines is 1. The number of unbranched alkanes of at least 4 members (excludes halogenated alkanes) is 1. The van der Waals surface area contributed by atoms with Crippen LogP contribution in [0.1, 0.15) is 19.8 Å². The van der Waals surface area contributed by atoms with Crippen LogP contribution in [0.3, 0.4) is 0 Å². The van der Waals surface area contributed by atoms with Gasteiger partial charge in [-0.05, 0) is 18.6 Å². The quantitative estimate of drug-likeness (QED) is 0.669. The molecule has 0 atom stereocenters. The minimum Gasteiger partial charge on any atom is -0.495 e. The smallest absolute Gasteiger partial charge is 0.316 e. The van der Waals surface area contributed by atoms with Crippen LogP contribution in [0.25, 0.3) is 0 Å². The van der Waals surface area contributed by atoms with Gasteiger partial charge in [0, 0.05) is 6.54 Å². The minimum atomic E-state index is 0.681. The summed E-state index contributed by atoms with van der Waals surface area (Å²) in [5.74, 6) is 0.706.